The van der Waals surface area contributed by atoms with Crippen LogP contribution in [0.3, 0.4) is 0 Å². The van der Waals surface area contributed by atoms with Crippen molar-refractivity contribution in [2.24, 2.45) is 4.99 Å². The fourth-order valence-corrected chi connectivity index (χ4v) is 3.26. The number of nitrogens with one attached hydrogen (secondary N) is 2. The van der Waals surface area contributed by atoms with Crippen LogP contribution in [0.15, 0.2) is 29.3 Å². The van der Waals surface area contributed by atoms with Gasteiger partial charge in [-0.25, -0.2) is 0 Å². The minimum Gasteiger partial charge on any atom is -0.494 e. The summed E-state index contributed by atoms with van der Waals surface area (Å²) in [5, 5.41) is 6.85. The fourth-order valence-electron chi connectivity index (χ4n) is 3.26. The molecule has 1 aromatic rings. The molecule has 164 valence electrons. The van der Waals surface area contributed by atoms with Crippen molar-refractivity contribution in [3.05, 3.63) is 29.8 Å². The van der Waals surface area contributed by atoms with E-state index < -0.39 is 0 Å². The van der Waals surface area contributed by atoms with Crippen molar-refractivity contribution in [1.82, 2.24) is 20.4 Å². The van der Waals surface area contributed by atoms with Crippen molar-refractivity contribution in [3.8, 4) is 5.75 Å². The number of morpholine rings is 1. The van der Waals surface area contributed by atoms with Gasteiger partial charge in [-0.2, -0.15) is 0 Å². The Balaban J connectivity index is 1.72. The van der Waals surface area contributed by atoms with Gasteiger partial charge in [0.1, 0.15) is 5.75 Å². The number of aliphatic imine (C=N–C) groups is 1. The van der Waals surface area contributed by atoms with E-state index >= 15 is 0 Å². The first-order valence-corrected chi connectivity index (χ1v) is 10.5. The summed E-state index contributed by atoms with van der Waals surface area (Å²) in [6.07, 6.45) is 1.03. The molecular weight excluding hydrogens is 366 g/mol. The molecule has 0 saturated carbocycles. The lowest BCUT2D eigenvalue weighted by Gasteiger charge is -2.41. The highest BCUT2D eigenvalue weighted by molar-refractivity contribution is 5.79. The highest BCUT2D eigenvalue weighted by Gasteiger charge is 2.28. The summed E-state index contributed by atoms with van der Waals surface area (Å²) in [4.78, 5) is 8.99. The minimum absolute atomic E-state index is 0.0486. The number of ether oxygens (including phenoxy) is 2. The van der Waals surface area contributed by atoms with Crippen molar-refractivity contribution in [2.45, 2.75) is 32.4 Å². The normalized spacial score (nSPS) is 16.1. The molecule has 2 rings (SSSR count). The van der Waals surface area contributed by atoms with Crippen LogP contribution >= 0.6 is 0 Å². The van der Waals surface area contributed by atoms with Crippen LogP contribution in [0.25, 0.3) is 0 Å². The Labute approximate surface area is 176 Å². The van der Waals surface area contributed by atoms with Crippen LogP contribution < -0.4 is 15.4 Å². The first-order chi connectivity index (χ1) is 13.9. The summed E-state index contributed by atoms with van der Waals surface area (Å²) in [6.45, 7) is 11.4. The second-order valence-electron chi connectivity index (χ2n) is 8.34. The second kappa shape index (κ2) is 12.0. The van der Waals surface area contributed by atoms with Crippen LogP contribution in [0.4, 0.5) is 0 Å². The van der Waals surface area contributed by atoms with Crippen molar-refractivity contribution < 1.29 is 9.47 Å². The molecule has 1 aliphatic rings. The van der Waals surface area contributed by atoms with Gasteiger partial charge in [0.25, 0.3) is 0 Å². The molecule has 0 atom stereocenters. The van der Waals surface area contributed by atoms with Gasteiger partial charge in [-0.1, -0.05) is 12.1 Å². The molecule has 1 aromatic carbocycles. The molecule has 1 fully saturated rings. The zero-order valence-corrected chi connectivity index (χ0v) is 18.8. The maximum Gasteiger partial charge on any atom is 0.191 e. The van der Waals surface area contributed by atoms with E-state index in [9.17, 15) is 0 Å². The van der Waals surface area contributed by atoms with Crippen LogP contribution in [-0.4, -0.2) is 88.4 Å². The number of rotatable bonds is 10. The fraction of sp³-hybridized carbons (Fsp3) is 0.682. The molecule has 7 nitrogen and oxygen atoms in total. The molecule has 0 spiro atoms. The van der Waals surface area contributed by atoms with Crippen molar-refractivity contribution >= 4 is 5.96 Å². The average Bonchev–Trinajstić information content (AvgIpc) is 2.73. The van der Waals surface area contributed by atoms with E-state index in [1.54, 1.807) is 0 Å². The van der Waals surface area contributed by atoms with Crippen molar-refractivity contribution in [1.29, 1.82) is 0 Å². The Bertz CT molecular complexity index is 610. The van der Waals surface area contributed by atoms with Gasteiger partial charge in [-0.3, -0.25) is 9.89 Å². The largest absolute Gasteiger partial charge is 0.494 e. The van der Waals surface area contributed by atoms with Gasteiger partial charge in [0.15, 0.2) is 5.96 Å². The van der Waals surface area contributed by atoms with Gasteiger partial charge in [0.2, 0.25) is 0 Å². The molecular formula is C22H39N5O2. The Morgan fingerprint density at radius 3 is 2.48 bits per heavy atom. The summed E-state index contributed by atoms with van der Waals surface area (Å²) >= 11 is 0. The highest BCUT2D eigenvalue weighted by Crippen LogP contribution is 2.15. The quantitative estimate of drug-likeness (QED) is 0.352. The maximum atomic E-state index is 5.80. The number of benzene rings is 1. The van der Waals surface area contributed by atoms with Gasteiger partial charge >= 0.3 is 0 Å². The Morgan fingerprint density at radius 1 is 1.17 bits per heavy atom. The topological polar surface area (TPSA) is 61.4 Å². The second-order valence-corrected chi connectivity index (χ2v) is 8.34. The molecule has 0 radical (unpaired) electrons. The lowest BCUT2D eigenvalue weighted by Crippen LogP contribution is -2.56. The van der Waals surface area contributed by atoms with Gasteiger partial charge in [-0.05, 0) is 52.1 Å². The van der Waals surface area contributed by atoms with Gasteiger partial charge in [0, 0.05) is 45.3 Å². The lowest BCUT2D eigenvalue weighted by molar-refractivity contribution is -0.00834. The van der Waals surface area contributed by atoms with Gasteiger partial charge < -0.3 is 25.0 Å². The van der Waals surface area contributed by atoms with Crippen LogP contribution in [0, 0.1) is 0 Å². The SMILES string of the molecule is CN=C(NCc1ccc(OCCCN(C)C)cc1)NCC(C)(C)N1CCOCC1. The minimum atomic E-state index is 0.0486. The third-order valence-electron chi connectivity index (χ3n) is 5.18. The van der Waals surface area contributed by atoms with E-state index in [4.69, 9.17) is 9.47 Å². The maximum absolute atomic E-state index is 5.80. The molecule has 1 saturated heterocycles. The molecule has 0 bridgehead atoms. The van der Waals surface area contributed by atoms with E-state index in [-0.39, 0.29) is 5.54 Å². The zero-order chi connectivity index (χ0) is 21.1. The first kappa shape index (κ1) is 23.4. The molecule has 0 unspecified atom stereocenters. The predicted molar refractivity (Wildman–Crippen MR) is 120 cm³/mol. The van der Waals surface area contributed by atoms with Crippen LogP contribution in [-0.2, 0) is 11.3 Å². The van der Waals surface area contributed by atoms with Gasteiger partial charge in [-0.15, -0.1) is 0 Å². The van der Waals surface area contributed by atoms with Crippen molar-refractivity contribution in [3.63, 3.8) is 0 Å². The third kappa shape index (κ3) is 8.60. The predicted octanol–water partition coefficient (Wildman–Crippen LogP) is 1.79. The Kier molecular flexibility index (Phi) is 9.70. The number of hydrogen-bond acceptors (Lipinski definition) is 5. The zero-order valence-electron chi connectivity index (χ0n) is 18.8. The van der Waals surface area contributed by atoms with E-state index in [0.29, 0.717) is 0 Å². The van der Waals surface area contributed by atoms with Crippen LogP contribution in [0.5, 0.6) is 5.75 Å². The van der Waals surface area contributed by atoms with Crippen LogP contribution in [0.1, 0.15) is 25.8 Å². The molecule has 0 amide bonds. The standard InChI is InChI=1S/C22H39N5O2/c1-22(2,27-12-15-28-16-13-27)18-25-21(23-3)24-17-19-7-9-20(10-8-19)29-14-6-11-26(4)5/h7-10H,6,11-18H2,1-5H3,(H2,23,24,25). The molecule has 0 aliphatic carbocycles. The monoisotopic (exact) mass is 405 g/mol. The third-order valence-corrected chi connectivity index (χ3v) is 5.18. The van der Waals surface area contributed by atoms with E-state index in [2.05, 4.69) is 65.5 Å². The van der Waals surface area contributed by atoms with E-state index in [1.165, 1.54) is 5.56 Å². The first-order valence-electron chi connectivity index (χ1n) is 10.5. The Hall–Kier alpha value is -1.83. The number of nitrogens with zero attached hydrogens (tertiary/aromatic N) is 3. The average molecular weight is 406 g/mol. The Morgan fingerprint density at radius 2 is 1.86 bits per heavy atom. The highest BCUT2D eigenvalue weighted by atomic mass is 16.5. The molecule has 1 aliphatic heterocycles. The summed E-state index contributed by atoms with van der Waals surface area (Å²) in [7, 11) is 5.96. The molecule has 29 heavy (non-hydrogen) atoms. The van der Waals surface area contributed by atoms with Crippen LogP contribution in [0.2, 0.25) is 0 Å². The summed E-state index contributed by atoms with van der Waals surface area (Å²) in [6, 6.07) is 8.26. The summed E-state index contributed by atoms with van der Waals surface area (Å²) < 4.78 is 11.3. The summed E-state index contributed by atoms with van der Waals surface area (Å²) in [5.74, 6) is 1.73. The van der Waals surface area contributed by atoms with Gasteiger partial charge in [0.05, 0.1) is 19.8 Å². The molecule has 0 aromatic heterocycles. The summed E-state index contributed by atoms with van der Waals surface area (Å²) in [5.41, 5.74) is 1.24. The number of hydrogen-bond donors (Lipinski definition) is 2. The molecule has 1 heterocycles. The van der Waals surface area contributed by atoms with Crippen molar-refractivity contribution in [2.75, 3.05) is 67.1 Å². The molecule has 7 heteroatoms. The van der Waals surface area contributed by atoms with E-state index in [1.807, 2.05) is 19.2 Å². The molecule has 2 N–H and O–H groups in total. The van der Waals surface area contributed by atoms with E-state index in [0.717, 1.165) is 70.7 Å². The lowest BCUT2D eigenvalue weighted by atomic mass is 10.0. The smallest absolute Gasteiger partial charge is 0.191 e. The number of guanidine groups is 1.